The van der Waals surface area contributed by atoms with Crippen LogP contribution in [0.25, 0.3) is 0 Å². The zero-order chi connectivity index (χ0) is 17.6. The van der Waals surface area contributed by atoms with Crippen LogP contribution in [0.2, 0.25) is 0 Å². The number of H-pyrrole nitrogens is 1. The first-order chi connectivity index (χ1) is 10.7. The number of ether oxygens (including phenoxy) is 1. The van der Waals surface area contributed by atoms with E-state index in [4.69, 9.17) is 14.6 Å². The summed E-state index contributed by atoms with van der Waals surface area (Å²) in [6, 6.07) is 0. The molecule has 11 heteroatoms. The van der Waals surface area contributed by atoms with Gasteiger partial charge in [0.1, 0.15) is 6.54 Å². The van der Waals surface area contributed by atoms with Crippen molar-refractivity contribution in [2.24, 2.45) is 0 Å². The molecule has 0 aliphatic carbocycles. The monoisotopic (exact) mass is 339 g/mol. The maximum atomic E-state index is 11.8. The second-order valence-electron chi connectivity index (χ2n) is 4.49. The highest BCUT2D eigenvalue weighted by Crippen LogP contribution is 2.13. The highest BCUT2D eigenvalue weighted by Gasteiger charge is 2.38. The first kappa shape index (κ1) is 18.7. The predicted octanol–water partition coefficient (Wildman–Crippen LogP) is 0.0185. The number of carboxylic acid groups (broad SMARTS) is 1. The van der Waals surface area contributed by atoms with Crippen molar-refractivity contribution in [2.45, 2.75) is 32.6 Å². The second kappa shape index (κ2) is 7.81. The number of carbonyl (C=O) groups excluding carboxylic acids is 1. The maximum Gasteiger partial charge on any atom is 0.490 e. The zero-order valence-electron chi connectivity index (χ0n) is 12.2. The molecule has 0 atom stereocenters. The summed E-state index contributed by atoms with van der Waals surface area (Å²) in [5.74, 6) is -3.15. The summed E-state index contributed by atoms with van der Waals surface area (Å²) in [5, 5.41) is 13.2. The van der Waals surface area contributed by atoms with E-state index in [1.165, 1.54) is 4.68 Å². The molecule has 0 amide bonds. The first-order valence-electron chi connectivity index (χ1n) is 6.63. The van der Waals surface area contributed by atoms with Crippen LogP contribution in [0.5, 0.6) is 0 Å². The Morgan fingerprint density at radius 2 is 2.00 bits per heavy atom. The van der Waals surface area contributed by atoms with E-state index >= 15 is 0 Å². The van der Waals surface area contributed by atoms with Crippen molar-refractivity contribution in [3.8, 4) is 0 Å². The topological polar surface area (TPSA) is 113 Å². The van der Waals surface area contributed by atoms with Crippen molar-refractivity contribution in [3.63, 3.8) is 0 Å². The number of fused-ring (bicyclic) bond motifs is 1. The van der Waals surface area contributed by atoms with Crippen LogP contribution in [0.3, 0.4) is 0 Å². The van der Waals surface area contributed by atoms with Crippen molar-refractivity contribution in [3.05, 3.63) is 21.6 Å². The summed E-state index contributed by atoms with van der Waals surface area (Å²) >= 11 is 0. The fourth-order valence-corrected chi connectivity index (χ4v) is 1.84. The van der Waals surface area contributed by atoms with Gasteiger partial charge in [-0.1, -0.05) is 0 Å². The number of esters is 1. The number of carbonyl (C=O) groups is 2. The lowest BCUT2D eigenvalue weighted by Crippen LogP contribution is -2.29. The number of nitrogens with one attached hydrogen (secondary N) is 2. The summed E-state index contributed by atoms with van der Waals surface area (Å²) < 4.78 is 37.8. The van der Waals surface area contributed by atoms with Crippen LogP contribution in [-0.2, 0) is 33.8 Å². The van der Waals surface area contributed by atoms with Crippen LogP contribution in [0.1, 0.15) is 18.2 Å². The van der Waals surface area contributed by atoms with Crippen LogP contribution >= 0.6 is 0 Å². The van der Waals surface area contributed by atoms with Crippen LogP contribution in [0.4, 0.5) is 13.2 Å². The maximum absolute atomic E-state index is 11.8. The van der Waals surface area contributed by atoms with Crippen molar-refractivity contribution in [1.29, 1.82) is 0 Å². The number of alkyl halides is 3. The van der Waals surface area contributed by atoms with E-state index in [-0.39, 0.29) is 12.1 Å². The Hall–Kier alpha value is -2.30. The van der Waals surface area contributed by atoms with Crippen LogP contribution < -0.4 is 10.9 Å². The van der Waals surface area contributed by atoms with Crippen LogP contribution in [0.15, 0.2) is 4.79 Å². The number of rotatable bonds is 3. The van der Waals surface area contributed by atoms with Crippen LogP contribution in [0, 0.1) is 0 Å². The normalized spacial score (nSPS) is 13.6. The van der Waals surface area contributed by atoms with Gasteiger partial charge in [0.2, 0.25) is 0 Å². The summed E-state index contributed by atoms with van der Waals surface area (Å²) in [6.45, 7) is 3.45. The smallest absolute Gasteiger partial charge is 0.475 e. The molecule has 0 bridgehead atoms. The molecule has 130 valence electrons. The van der Waals surface area contributed by atoms with Crippen molar-refractivity contribution < 1.29 is 32.6 Å². The van der Waals surface area contributed by atoms with Crippen molar-refractivity contribution in [2.75, 3.05) is 13.2 Å². The minimum atomic E-state index is -5.08. The molecule has 1 aromatic rings. The number of nitrogens with zero attached hydrogens (tertiary/aromatic N) is 1. The molecule has 0 radical (unpaired) electrons. The molecule has 3 N–H and O–H groups in total. The average molecular weight is 339 g/mol. The molecule has 0 aromatic carbocycles. The minimum absolute atomic E-state index is 0.0420. The Morgan fingerprint density at radius 3 is 2.48 bits per heavy atom. The molecule has 1 aliphatic heterocycles. The molecule has 0 fully saturated rings. The molecule has 2 heterocycles. The number of aliphatic carboxylic acids is 1. The summed E-state index contributed by atoms with van der Waals surface area (Å²) in [6.07, 6.45) is -4.29. The molecular formula is C12H16F3N3O5. The Balaban J connectivity index is 0.000000322. The van der Waals surface area contributed by atoms with Gasteiger partial charge in [-0.05, 0) is 6.92 Å². The van der Waals surface area contributed by atoms with Gasteiger partial charge in [-0.15, -0.1) is 0 Å². The number of hydrogen-bond acceptors (Lipinski definition) is 5. The van der Waals surface area contributed by atoms with E-state index in [2.05, 4.69) is 10.4 Å². The quantitative estimate of drug-likeness (QED) is 0.669. The molecule has 0 saturated carbocycles. The van der Waals surface area contributed by atoms with Crippen molar-refractivity contribution in [1.82, 2.24) is 15.1 Å². The largest absolute Gasteiger partial charge is 0.490 e. The molecule has 8 nitrogen and oxygen atoms in total. The molecule has 0 saturated heterocycles. The molecule has 0 unspecified atom stereocenters. The number of halogens is 3. The van der Waals surface area contributed by atoms with E-state index in [9.17, 15) is 22.8 Å². The van der Waals surface area contributed by atoms with E-state index in [0.717, 1.165) is 24.2 Å². The summed E-state index contributed by atoms with van der Waals surface area (Å²) in [7, 11) is 0. The number of aromatic nitrogens is 2. The predicted molar refractivity (Wildman–Crippen MR) is 70.8 cm³/mol. The lowest BCUT2D eigenvalue weighted by molar-refractivity contribution is -0.192. The molecule has 1 aliphatic rings. The summed E-state index contributed by atoms with van der Waals surface area (Å²) in [5.41, 5.74) is 1.53. The van der Waals surface area contributed by atoms with E-state index in [1.54, 1.807) is 6.92 Å². The standard InChI is InChI=1S/C10H15N3O3.C2HF3O2/c1-2-16-9(14)6-13-10(15)7-5-11-4-3-8(7)12-13;3-2(4,5)1(6)7/h11-12H,2-6H2,1H3;(H,6,7). The third kappa shape index (κ3) is 5.43. The molecule has 23 heavy (non-hydrogen) atoms. The van der Waals surface area contributed by atoms with Crippen LogP contribution in [-0.4, -0.2) is 46.2 Å². The zero-order valence-corrected chi connectivity index (χ0v) is 12.2. The van der Waals surface area contributed by atoms with Gasteiger partial charge in [-0.25, -0.2) is 9.48 Å². The average Bonchev–Trinajstić information content (AvgIpc) is 2.76. The van der Waals surface area contributed by atoms with Crippen molar-refractivity contribution >= 4 is 11.9 Å². The van der Waals surface area contributed by atoms with E-state index < -0.39 is 18.1 Å². The molecular weight excluding hydrogens is 323 g/mol. The van der Waals surface area contributed by atoms with E-state index in [1.807, 2.05) is 0 Å². The fourth-order valence-electron chi connectivity index (χ4n) is 1.84. The van der Waals surface area contributed by atoms with Gasteiger partial charge < -0.3 is 15.2 Å². The Kier molecular flexibility index (Phi) is 6.37. The lowest BCUT2D eigenvalue weighted by Gasteiger charge is -2.09. The fraction of sp³-hybridized carbons (Fsp3) is 0.583. The highest BCUT2D eigenvalue weighted by molar-refractivity contribution is 5.73. The summed E-state index contributed by atoms with van der Waals surface area (Å²) in [4.78, 5) is 32.0. The van der Waals surface area contributed by atoms with Gasteiger partial charge in [-0.3, -0.25) is 14.7 Å². The van der Waals surface area contributed by atoms with Gasteiger partial charge in [0.25, 0.3) is 5.56 Å². The number of carboxylic acids is 1. The lowest BCUT2D eigenvalue weighted by atomic mass is 10.1. The molecule has 2 rings (SSSR count). The Labute approximate surface area is 128 Å². The number of hydrogen-bond donors (Lipinski definition) is 3. The highest BCUT2D eigenvalue weighted by atomic mass is 19.4. The van der Waals surface area contributed by atoms with E-state index in [0.29, 0.717) is 13.2 Å². The molecule has 0 spiro atoms. The third-order valence-corrected chi connectivity index (χ3v) is 2.83. The van der Waals surface area contributed by atoms with Gasteiger partial charge in [0.05, 0.1) is 12.2 Å². The SMILES string of the molecule is CCOC(=O)Cn1[nH]c2c(c1=O)CNCC2.O=C(O)C(F)(F)F. The second-order valence-corrected chi connectivity index (χ2v) is 4.49. The Morgan fingerprint density at radius 1 is 1.39 bits per heavy atom. The number of aromatic amines is 1. The minimum Gasteiger partial charge on any atom is -0.475 e. The van der Waals surface area contributed by atoms with Gasteiger partial charge in [0, 0.05) is 25.2 Å². The van der Waals surface area contributed by atoms with Gasteiger partial charge in [0.15, 0.2) is 0 Å². The third-order valence-electron chi connectivity index (χ3n) is 2.83. The van der Waals surface area contributed by atoms with Gasteiger partial charge >= 0.3 is 18.1 Å². The first-order valence-corrected chi connectivity index (χ1v) is 6.63. The Bertz CT molecular complexity index is 620. The van der Waals surface area contributed by atoms with Gasteiger partial charge in [-0.2, -0.15) is 13.2 Å². The molecule has 1 aromatic heterocycles.